The van der Waals surface area contributed by atoms with Crippen LogP contribution in [0.3, 0.4) is 0 Å². The van der Waals surface area contributed by atoms with Crippen LogP contribution in [0.2, 0.25) is 0 Å². The van der Waals surface area contributed by atoms with E-state index in [9.17, 15) is 9.90 Å². The molecule has 3 rings (SSSR count). The summed E-state index contributed by atoms with van der Waals surface area (Å²) in [7, 11) is 0. The van der Waals surface area contributed by atoms with Gasteiger partial charge in [-0.1, -0.05) is 30.3 Å². The Kier molecular flexibility index (Phi) is 3.04. The van der Waals surface area contributed by atoms with Crippen molar-refractivity contribution in [2.75, 3.05) is 0 Å². The molecule has 0 saturated heterocycles. The molecule has 1 aliphatic heterocycles. The van der Waals surface area contributed by atoms with Gasteiger partial charge >= 0.3 is 5.97 Å². The molecule has 0 spiro atoms. The molecular weight excluding hydrogens is 254 g/mol. The van der Waals surface area contributed by atoms with Crippen LogP contribution in [0.1, 0.15) is 30.6 Å². The minimum Gasteiger partial charge on any atom is -0.481 e. The van der Waals surface area contributed by atoms with Crippen molar-refractivity contribution in [1.29, 1.82) is 0 Å². The van der Waals surface area contributed by atoms with Gasteiger partial charge in [0.05, 0.1) is 5.41 Å². The maximum atomic E-state index is 11.8. The fraction of sp³-hybridized carbons (Fsp3) is 0.400. The molecule has 1 unspecified atom stereocenters. The summed E-state index contributed by atoms with van der Waals surface area (Å²) >= 11 is 0. The molecule has 1 aromatic carbocycles. The van der Waals surface area contributed by atoms with E-state index in [0.29, 0.717) is 6.42 Å². The van der Waals surface area contributed by atoms with E-state index in [2.05, 4.69) is 14.8 Å². The van der Waals surface area contributed by atoms with E-state index >= 15 is 0 Å². The van der Waals surface area contributed by atoms with Gasteiger partial charge < -0.3 is 9.67 Å². The molecule has 0 aliphatic carbocycles. The van der Waals surface area contributed by atoms with Gasteiger partial charge in [0.1, 0.15) is 11.6 Å². The first-order valence-electron chi connectivity index (χ1n) is 6.81. The molecule has 20 heavy (non-hydrogen) atoms. The lowest BCUT2D eigenvalue weighted by Gasteiger charge is -2.25. The molecule has 5 heteroatoms. The summed E-state index contributed by atoms with van der Waals surface area (Å²) < 4.78 is 2.06. The maximum Gasteiger partial charge on any atom is 0.314 e. The van der Waals surface area contributed by atoms with Crippen molar-refractivity contribution in [3.63, 3.8) is 0 Å². The summed E-state index contributed by atoms with van der Waals surface area (Å²) in [5.74, 6) is 0.908. The highest BCUT2D eigenvalue weighted by Gasteiger charge is 2.37. The molecule has 5 nitrogen and oxygen atoms in total. The van der Waals surface area contributed by atoms with Crippen LogP contribution in [0.15, 0.2) is 30.3 Å². The Morgan fingerprint density at radius 1 is 1.35 bits per heavy atom. The first-order chi connectivity index (χ1) is 9.61. The van der Waals surface area contributed by atoms with E-state index in [4.69, 9.17) is 0 Å². The van der Waals surface area contributed by atoms with Gasteiger partial charge in [-0.05, 0) is 18.9 Å². The standard InChI is InChI=1S/C15H17N3O2/c1-15(14(19)20,11-6-3-2-4-7-11)10-13-17-16-12-8-5-9-18(12)13/h2-4,6-7H,5,8-10H2,1H3,(H,19,20). The van der Waals surface area contributed by atoms with Crippen molar-refractivity contribution in [3.8, 4) is 0 Å². The monoisotopic (exact) mass is 271 g/mol. The topological polar surface area (TPSA) is 68.0 Å². The maximum absolute atomic E-state index is 11.8. The Morgan fingerprint density at radius 2 is 2.10 bits per heavy atom. The predicted molar refractivity (Wildman–Crippen MR) is 73.5 cm³/mol. The molecule has 0 amide bonds. The van der Waals surface area contributed by atoms with Crippen LogP contribution in [0.4, 0.5) is 0 Å². The van der Waals surface area contributed by atoms with Gasteiger partial charge in [-0.25, -0.2) is 0 Å². The number of aliphatic carboxylic acids is 1. The number of benzene rings is 1. The second-order valence-electron chi connectivity index (χ2n) is 5.47. The minimum absolute atomic E-state index is 0.360. The van der Waals surface area contributed by atoms with E-state index in [-0.39, 0.29) is 0 Å². The third-order valence-electron chi connectivity index (χ3n) is 4.08. The Hall–Kier alpha value is -2.17. The van der Waals surface area contributed by atoms with Crippen molar-refractivity contribution < 1.29 is 9.90 Å². The molecule has 0 saturated carbocycles. The average Bonchev–Trinajstić information content (AvgIpc) is 3.04. The largest absolute Gasteiger partial charge is 0.481 e. The van der Waals surface area contributed by atoms with Crippen LogP contribution in [-0.2, 0) is 29.6 Å². The smallest absolute Gasteiger partial charge is 0.314 e. The average molecular weight is 271 g/mol. The van der Waals surface area contributed by atoms with Crippen LogP contribution in [0.5, 0.6) is 0 Å². The summed E-state index contributed by atoms with van der Waals surface area (Å²) in [6.07, 6.45) is 2.36. The predicted octanol–water partition coefficient (Wildman–Crippen LogP) is 1.81. The molecule has 0 radical (unpaired) electrons. The molecule has 2 aromatic rings. The first kappa shape index (κ1) is 12.8. The fourth-order valence-corrected chi connectivity index (χ4v) is 2.76. The van der Waals surface area contributed by atoms with Crippen LogP contribution in [0, 0.1) is 0 Å². The van der Waals surface area contributed by atoms with Gasteiger partial charge in [-0.15, -0.1) is 10.2 Å². The lowest BCUT2D eigenvalue weighted by Crippen LogP contribution is -2.35. The van der Waals surface area contributed by atoms with Crippen molar-refractivity contribution in [2.45, 2.75) is 38.1 Å². The SMILES string of the molecule is CC(Cc1nnc2n1CCC2)(C(=O)O)c1ccccc1. The van der Waals surface area contributed by atoms with E-state index in [1.807, 2.05) is 30.3 Å². The molecule has 1 atom stereocenters. The van der Waals surface area contributed by atoms with E-state index < -0.39 is 11.4 Å². The van der Waals surface area contributed by atoms with Crippen molar-refractivity contribution >= 4 is 5.97 Å². The Balaban J connectivity index is 1.98. The van der Waals surface area contributed by atoms with Crippen LogP contribution < -0.4 is 0 Å². The minimum atomic E-state index is -0.979. The summed E-state index contributed by atoms with van der Waals surface area (Å²) in [6, 6.07) is 9.33. The van der Waals surface area contributed by atoms with Crippen molar-refractivity contribution in [2.24, 2.45) is 0 Å². The number of hydrogen-bond acceptors (Lipinski definition) is 3. The Labute approximate surface area is 117 Å². The number of carbonyl (C=O) groups is 1. The summed E-state index contributed by atoms with van der Waals surface area (Å²) in [5, 5.41) is 18.0. The lowest BCUT2D eigenvalue weighted by molar-refractivity contribution is -0.143. The van der Waals surface area contributed by atoms with E-state index in [1.165, 1.54) is 0 Å². The number of fused-ring (bicyclic) bond motifs is 1. The fourth-order valence-electron chi connectivity index (χ4n) is 2.76. The normalized spacial score (nSPS) is 16.6. The number of hydrogen-bond donors (Lipinski definition) is 1. The molecule has 104 valence electrons. The number of carboxylic acids is 1. The molecule has 1 N–H and O–H groups in total. The van der Waals surface area contributed by atoms with E-state index in [1.54, 1.807) is 6.92 Å². The van der Waals surface area contributed by atoms with Crippen LogP contribution in [0.25, 0.3) is 0 Å². The molecule has 0 bridgehead atoms. The molecular formula is C15H17N3O2. The van der Waals surface area contributed by atoms with E-state index in [0.717, 1.165) is 36.6 Å². The highest BCUT2D eigenvalue weighted by atomic mass is 16.4. The number of aromatic nitrogens is 3. The zero-order valence-corrected chi connectivity index (χ0v) is 11.4. The van der Waals surface area contributed by atoms with Gasteiger partial charge in [0.25, 0.3) is 0 Å². The Bertz CT molecular complexity index is 636. The van der Waals surface area contributed by atoms with Crippen molar-refractivity contribution in [3.05, 3.63) is 47.5 Å². The van der Waals surface area contributed by atoms with Gasteiger partial charge in [0.2, 0.25) is 0 Å². The number of rotatable bonds is 4. The third-order valence-corrected chi connectivity index (χ3v) is 4.08. The summed E-state index contributed by atoms with van der Waals surface area (Å²) in [4.78, 5) is 11.8. The second kappa shape index (κ2) is 4.74. The van der Waals surface area contributed by atoms with Crippen LogP contribution in [-0.4, -0.2) is 25.8 Å². The zero-order valence-electron chi connectivity index (χ0n) is 11.4. The van der Waals surface area contributed by atoms with Crippen LogP contribution >= 0.6 is 0 Å². The van der Waals surface area contributed by atoms with Gasteiger partial charge in [-0.3, -0.25) is 4.79 Å². The molecule has 1 aromatic heterocycles. The van der Waals surface area contributed by atoms with Gasteiger partial charge in [-0.2, -0.15) is 0 Å². The van der Waals surface area contributed by atoms with Gasteiger partial charge in [0, 0.05) is 19.4 Å². The second-order valence-corrected chi connectivity index (χ2v) is 5.47. The Morgan fingerprint density at radius 3 is 2.80 bits per heavy atom. The van der Waals surface area contributed by atoms with Gasteiger partial charge in [0.15, 0.2) is 0 Å². The molecule has 1 aliphatic rings. The first-order valence-corrected chi connectivity index (χ1v) is 6.81. The third kappa shape index (κ3) is 1.99. The number of carboxylic acid groups (broad SMARTS) is 1. The highest BCUT2D eigenvalue weighted by molar-refractivity contribution is 5.81. The summed E-state index contributed by atoms with van der Waals surface area (Å²) in [5.41, 5.74) is -0.184. The number of aryl methyl sites for hydroxylation is 1. The number of nitrogens with zero attached hydrogens (tertiary/aromatic N) is 3. The quantitative estimate of drug-likeness (QED) is 0.920. The summed E-state index contributed by atoms with van der Waals surface area (Å²) in [6.45, 7) is 2.64. The lowest BCUT2D eigenvalue weighted by atomic mass is 9.79. The zero-order chi connectivity index (χ0) is 14.2. The van der Waals surface area contributed by atoms with Crippen molar-refractivity contribution in [1.82, 2.24) is 14.8 Å². The molecule has 0 fully saturated rings. The highest BCUT2D eigenvalue weighted by Crippen LogP contribution is 2.29. The molecule has 2 heterocycles.